The summed E-state index contributed by atoms with van der Waals surface area (Å²) in [6.45, 7) is 0. The predicted octanol–water partition coefficient (Wildman–Crippen LogP) is 3.62. The van der Waals surface area contributed by atoms with Gasteiger partial charge in [0.2, 0.25) is 11.8 Å². The molecule has 1 aromatic heterocycles. The highest BCUT2D eigenvalue weighted by Gasteiger charge is 2.59. The number of anilines is 1. The van der Waals surface area contributed by atoms with Gasteiger partial charge in [0.15, 0.2) is 5.82 Å². The topological polar surface area (TPSA) is 72.4 Å². The minimum absolute atomic E-state index is 0.0682. The molecule has 0 radical (unpaired) electrons. The smallest absolute Gasteiger partial charge is 0.238 e. The van der Waals surface area contributed by atoms with Crippen LogP contribution >= 0.6 is 0 Å². The minimum Gasteiger partial charge on any atom is -0.494 e. The Morgan fingerprint density at radius 2 is 1.67 bits per heavy atom. The maximum atomic E-state index is 13.0. The number of aromatic nitrogens is 2. The van der Waals surface area contributed by atoms with Crippen molar-refractivity contribution in [2.45, 2.75) is 6.42 Å². The van der Waals surface area contributed by atoms with Gasteiger partial charge in [0.1, 0.15) is 11.3 Å². The van der Waals surface area contributed by atoms with Crippen molar-refractivity contribution >= 4 is 28.4 Å². The number of imide groups is 1. The molecule has 2 aromatic carbocycles. The zero-order chi connectivity index (χ0) is 20.4. The van der Waals surface area contributed by atoms with Gasteiger partial charge in [-0.05, 0) is 48.6 Å². The lowest BCUT2D eigenvalue weighted by molar-refractivity contribution is -0.123. The van der Waals surface area contributed by atoms with Gasteiger partial charge >= 0.3 is 0 Å². The number of benzene rings is 2. The third kappa shape index (κ3) is 2.30. The molecule has 148 valence electrons. The van der Waals surface area contributed by atoms with Crippen LogP contribution in [0.2, 0.25) is 0 Å². The summed E-state index contributed by atoms with van der Waals surface area (Å²) in [5, 5.41) is 0.901. The van der Waals surface area contributed by atoms with Crippen LogP contribution in [-0.2, 0) is 9.59 Å². The summed E-state index contributed by atoms with van der Waals surface area (Å²) in [4.78, 5) is 36.5. The van der Waals surface area contributed by atoms with Gasteiger partial charge in [-0.15, -0.1) is 0 Å². The number of hydrogen-bond donors (Lipinski definition) is 0. The fraction of sp³-hybridized carbons (Fsp3) is 0.250. The molecule has 4 unspecified atom stereocenters. The molecule has 2 bridgehead atoms. The maximum absolute atomic E-state index is 13.0. The van der Waals surface area contributed by atoms with E-state index in [0.717, 1.165) is 22.9 Å². The molecular weight excluding hydrogens is 378 g/mol. The largest absolute Gasteiger partial charge is 0.494 e. The second kappa shape index (κ2) is 6.23. The second-order valence-corrected chi connectivity index (χ2v) is 8.15. The summed E-state index contributed by atoms with van der Waals surface area (Å²) in [7, 11) is 1.62. The molecule has 4 atom stereocenters. The highest BCUT2D eigenvalue weighted by molar-refractivity contribution is 6.22. The Morgan fingerprint density at radius 1 is 0.967 bits per heavy atom. The van der Waals surface area contributed by atoms with Crippen LogP contribution in [0.15, 0.2) is 60.8 Å². The number of nitrogens with zero attached hydrogens (tertiary/aromatic N) is 3. The molecule has 2 aliphatic carbocycles. The summed E-state index contributed by atoms with van der Waals surface area (Å²) in [5.41, 5.74) is 2.17. The van der Waals surface area contributed by atoms with E-state index in [2.05, 4.69) is 22.1 Å². The quantitative estimate of drug-likeness (QED) is 0.499. The Labute approximate surface area is 173 Å². The van der Waals surface area contributed by atoms with E-state index in [-0.39, 0.29) is 35.5 Å². The molecule has 3 aliphatic rings. The molecule has 1 aliphatic heterocycles. The first-order valence-electron chi connectivity index (χ1n) is 10.1. The maximum Gasteiger partial charge on any atom is 0.238 e. The van der Waals surface area contributed by atoms with E-state index in [0.29, 0.717) is 17.3 Å². The SMILES string of the molecule is COc1cccc2cnc(-c3ccc(N4C(=O)C5C6C=CC(C6)C5C4=O)cc3)nc12. The van der Waals surface area contributed by atoms with Gasteiger partial charge in [-0.1, -0.05) is 24.3 Å². The lowest BCUT2D eigenvalue weighted by atomic mass is 9.85. The lowest BCUT2D eigenvalue weighted by Crippen LogP contribution is -2.32. The van der Waals surface area contributed by atoms with Crippen molar-refractivity contribution in [1.29, 1.82) is 0 Å². The number of para-hydroxylation sites is 1. The fourth-order valence-electron chi connectivity index (χ4n) is 5.25. The molecule has 0 N–H and O–H groups in total. The third-order valence-electron chi connectivity index (χ3n) is 6.65. The molecule has 30 heavy (non-hydrogen) atoms. The molecule has 6 heteroatoms. The molecule has 2 fully saturated rings. The Hall–Kier alpha value is -3.54. The van der Waals surface area contributed by atoms with Crippen molar-refractivity contribution in [1.82, 2.24) is 9.97 Å². The van der Waals surface area contributed by atoms with Crippen LogP contribution in [0.4, 0.5) is 5.69 Å². The van der Waals surface area contributed by atoms with E-state index in [1.807, 2.05) is 30.3 Å². The number of fused-ring (bicyclic) bond motifs is 6. The molecule has 1 saturated heterocycles. The Bertz CT molecular complexity index is 1200. The second-order valence-electron chi connectivity index (χ2n) is 8.15. The van der Waals surface area contributed by atoms with E-state index < -0.39 is 0 Å². The first-order valence-corrected chi connectivity index (χ1v) is 10.1. The van der Waals surface area contributed by atoms with Gasteiger partial charge in [-0.25, -0.2) is 9.97 Å². The Kier molecular flexibility index (Phi) is 3.60. The predicted molar refractivity (Wildman–Crippen MR) is 112 cm³/mol. The third-order valence-corrected chi connectivity index (χ3v) is 6.65. The van der Waals surface area contributed by atoms with Crippen LogP contribution < -0.4 is 9.64 Å². The summed E-state index contributed by atoms with van der Waals surface area (Å²) in [6, 6.07) is 13.0. The number of ether oxygens (including phenoxy) is 1. The van der Waals surface area contributed by atoms with E-state index in [4.69, 9.17) is 4.74 Å². The van der Waals surface area contributed by atoms with E-state index in [1.165, 1.54) is 4.90 Å². The van der Waals surface area contributed by atoms with Crippen LogP contribution in [0.3, 0.4) is 0 Å². The molecule has 2 amide bonds. The van der Waals surface area contributed by atoms with Crippen LogP contribution in [0.5, 0.6) is 5.75 Å². The van der Waals surface area contributed by atoms with Crippen molar-refractivity contribution in [3.05, 3.63) is 60.8 Å². The van der Waals surface area contributed by atoms with Crippen molar-refractivity contribution in [3.8, 4) is 17.1 Å². The number of carbonyl (C=O) groups excluding carboxylic acids is 2. The highest BCUT2D eigenvalue weighted by atomic mass is 16.5. The normalized spacial score (nSPS) is 26.6. The Morgan fingerprint density at radius 3 is 2.33 bits per heavy atom. The zero-order valence-electron chi connectivity index (χ0n) is 16.4. The number of allylic oxidation sites excluding steroid dienone is 2. The van der Waals surface area contributed by atoms with Gasteiger partial charge in [-0.2, -0.15) is 0 Å². The summed E-state index contributed by atoms with van der Waals surface area (Å²) in [5.74, 6) is 1.16. The van der Waals surface area contributed by atoms with Crippen LogP contribution in [0.1, 0.15) is 6.42 Å². The monoisotopic (exact) mass is 397 g/mol. The standard InChI is InChI=1S/C24H19N3O3/c1-30-18-4-2-3-16-12-25-22(26-21(16)18)13-7-9-17(10-8-13)27-23(28)19-14-5-6-15(11-14)20(19)24(27)29/h2-10,12,14-15,19-20H,11H2,1H3. The zero-order valence-corrected chi connectivity index (χ0v) is 16.4. The average Bonchev–Trinajstić information content (AvgIpc) is 3.47. The molecule has 0 spiro atoms. The lowest BCUT2D eigenvalue weighted by Gasteiger charge is -2.17. The van der Waals surface area contributed by atoms with E-state index in [9.17, 15) is 9.59 Å². The first kappa shape index (κ1) is 17.3. The van der Waals surface area contributed by atoms with Crippen molar-refractivity contribution < 1.29 is 14.3 Å². The summed E-state index contributed by atoms with van der Waals surface area (Å²) in [6.07, 6.45) is 6.91. The minimum atomic E-state index is -0.191. The molecule has 6 rings (SSSR count). The highest BCUT2D eigenvalue weighted by Crippen LogP contribution is 2.53. The number of hydrogen-bond acceptors (Lipinski definition) is 5. The van der Waals surface area contributed by atoms with Crippen LogP contribution in [0, 0.1) is 23.7 Å². The number of carbonyl (C=O) groups is 2. The fourth-order valence-corrected chi connectivity index (χ4v) is 5.25. The average molecular weight is 397 g/mol. The molecular formula is C24H19N3O3. The summed E-state index contributed by atoms with van der Waals surface area (Å²) < 4.78 is 5.41. The van der Waals surface area contributed by atoms with Gasteiger partial charge in [0, 0.05) is 17.1 Å². The molecule has 3 aromatic rings. The number of amides is 2. The van der Waals surface area contributed by atoms with Crippen molar-refractivity contribution in [2.75, 3.05) is 12.0 Å². The van der Waals surface area contributed by atoms with E-state index in [1.54, 1.807) is 25.4 Å². The summed E-state index contributed by atoms with van der Waals surface area (Å²) >= 11 is 0. The molecule has 1 saturated carbocycles. The Balaban J connectivity index is 1.33. The first-order chi connectivity index (χ1) is 14.7. The number of rotatable bonds is 3. The van der Waals surface area contributed by atoms with Gasteiger partial charge in [-0.3, -0.25) is 14.5 Å². The number of methoxy groups -OCH3 is 1. The van der Waals surface area contributed by atoms with Gasteiger partial charge in [0.05, 0.1) is 24.6 Å². The van der Waals surface area contributed by atoms with Crippen LogP contribution in [-0.4, -0.2) is 28.9 Å². The van der Waals surface area contributed by atoms with Crippen molar-refractivity contribution in [2.24, 2.45) is 23.7 Å². The molecule has 2 heterocycles. The van der Waals surface area contributed by atoms with Crippen LogP contribution in [0.25, 0.3) is 22.3 Å². The van der Waals surface area contributed by atoms with E-state index >= 15 is 0 Å². The van der Waals surface area contributed by atoms with Gasteiger partial charge < -0.3 is 4.74 Å². The van der Waals surface area contributed by atoms with Crippen molar-refractivity contribution in [3.63, 3.8) is 0 Å². The molecule has 6 nitrogen and oxygen atoms in total. The van der Waals surface area contributed by atoms with Gasteiger partial charge in [0.25, 0.3) is 0 Å².